The first kappa shape index (κ1) is 20.2. The van der Waals surface area contributed by atoms with Gasteiger partial charge in [0.05, 0.1) is 0 Å². The summed E-state index contributed by atoms with van der Waals surface area (Å²) in [6.07, 6.45) is 12.2. The molecule has 2 bridgehead atoms. The lowest BCUT2D eigenvalue weighted by atomic mass is 9.53. The highest BCUT2D eigenvalue weighted by atomic mass is 16.8. The van der Waals surface area contributed by atoms with Crippen molar-refractivity contribution in [2.75, 3.05) is 6.54 Å². The Balaban J connectivity index is 1.39. The molecule has 2 N–H and O–H groups in total. The van der Waals surface area contributed by atoms with Gasteiger partial charge in [0.15, 0.2) is 0 Å². The summed E-state index contributed by atoms with van der Waals surface area (Å²) in [5.74, 6) is 1.98. The highest BCUT2D eigenvalue weighted by Gasteiger charge is 2.51. The molecule has 0 spiro atoms. The molecule has 1 saturated heterocycles. The molecule has 164 valence electrons. The van der Waals surface area contributed by atoms with E-state index in [1.165, 1.54) is 62.5 Å². The maximum absolute atomic E-state index is 11.3. The van der Waals surface area contributed by atoms with E-state index in [4.69, 9.17) is 9.47 Å². The van der Waals surface area contributed by atoms with Crippen molar-refractivity contribution in [2.45, 2.75) is 94.8 Å². The summed E-state index contributed by atoms with van der Waals surface area (Å²) < 4.78 is 11.4. The van der Waals surface area contributed by atoms with Gasteiger partial charge in [-0.1, -0.05) is 51.0 Å². The zero-order valence-electron chi connectivity index (χ0n) is 17.9. The van der Waals surface area contributed by atoms with Crippen LogP contribution in [0.2, 0.25) is 0 Å². The summed E-state index contributed by atoms with van der Waals surface area (Å²) in [6.45, 7) is 1.10. The molecule has 2 saturated carbocycles. The largest absolute Gasteiger partial charge is 0.508 e. The van der Waals surface area contributed by atoms with Gasteiger partial charge < -0.3 is 19.9 Å². The molecule has 1 aromatic carbocycles. The number of benzene rings is 1. The van der Waals surface area contributed by atoms with E-state index < -0.39 is 12.4 Å². The van der Waals surface area contributed by atoms with Gasteiger partial charge in [-0.3, -0.25) is 0 Å². The molecule has 0 amide bonds. The molecular weight excluding hydrogens is 378 g/mol. The summed E-state index contributed by atoms with van der Waals surface area (Å²) >= 11 is 0. The second-order valence-corrected chi connectivity index (χ2v) is 10.0. The van der Waals surface area contributed by atoms with E-state index in [0.29, 0.717) is 18.4 Å². The minimum Gasteiger partial charge on any atom is -0.455 e. The van der Waals surface area contributed by atoms with Gasteiger partial charge in [-0.25, -0.2) is 4.79 Å². The van der Waals surface area contributed by atoms with Gasteiger partial charge >= 0.3 is 6.16 Å². The highest BCUT2D eigenvalue weighted by molar-refractivity contribution is 5.57. The Morgan fingerprint density at radius 1 is 1.13 bits per heavy atom. The Bertz CT molecular complexity index is 770. The standard InChI is InChI=1S/C25H35NO4/c27-24(28)30-23(14-17-6-2-1-3-7-17)29-19-10-9-18-15-22-20-8-4-5-11-25(20,12-13-26-22)21(18)16-19/h9-10,16-17,20,22-23,26H,1-8,11-15H2,(H,27,28)/t20-,22+,23?,25+/m0/s1. The van der Waals surface area contributed by atoms with E-state index in [-0.39, 0.29) is 5.41 Å². The molecule has 5 heteroatoms. The highest BCUT2D eigenvalue weighted by Crippen LogP contribution is 2.54. The predicted octanol–water partition coefficient (Wildman–Crippen LogP) is 5.40. The summed E-state index contributed by atoms with van der Waals surface area (Å²) in [4.78, 5) is 11.3. The summed E-state index contributed by atoms with van der Waals surface area (Å²) in [5, 5.41) is 13.0. The minimum atomic E-state index is -1.25. The third-order valence-electron chi connectivity index (χ3n) is 8.37. The van der Waals surface area contributed by atoms with Crippen molar-refractivity contribution in [1.82, 2.24) is 5.32 Å². The fourth-order valence-electron chi connectivity index (χ4n) is 7.06. The Morgan fingerprint density at radius 2 is 1.97 bits per heavy atom. The SMILES string of the molecule is O=C(O)OC(CC1CCCCC1)Oc1ccc2c(c1)[C@@]13CCCC[C@H]1[C@@H](C2)NCC3. The lowest BCUT2D eigenvalue weighted by Crippen LogP contribution is -2.59. The number of piperidine rings is 1. The quantitative estimate of drug-likeness (QED) is 0.499. The van der Waals surface area contributed by atoms with Crippen molar-refractivity contribution in [3.05, 3.63) is 29.3 Å². The second-order valence-electron chi connectivity index (χ2n) is 10.0. The van der Waals surface area contributed by atoms with Crippen molar-refractivity contribution >= 4 is 6.16 Å². The Kier molecular flexibility index (Phi) is 5.65. The van der Waals surface area contributed by atoms with Crippen molar-refractivity contribution < 1.29 is 19.4 Å². The molecule has 5 rings (SSSR count). The lowest BCUT2D eigenvalue weighted by Gasteiger charge is -2.56. The van der Waals surface area contributed by atoms with Crippen LogP contribution in [-0.2, 0) is 16.6 Å². The average Bonchev–Trinajstić information content (AvgIpc) is 2.74. The number of fused-ring (bicyclic) bond motifs is 1. The molecular formula is C25H35NO4. The van der Waals surface area contributed by atoms with Gasteiger partial charge in [-0.2, -0.15) is 0 Å². The van der Waals surface area contributed by atoms with E-state index in [9.17, 15) is 9.90 Å². The normalized spacial score (nSPS) is 31.9. The number of ether oxygens (including phenoxy) is 2. The Hall–Kier alpha value is -1.75. The van der Waals surface area contributed by atoms with Crippen LogP contribution in [0.5, 0.6) is 5.75 Å². The Labute approximate surface area is 179 Å². The fourth-order valence-corrected chi connectivity index (χ4v) is 7.06. The molecule has 1 heterocycles. The van der Waals surface area contributed by atoms with E-state index in [2.05, 4.69) is 17.4 Å². The zero-order chi connectivity index (χ0) is 20.6. The van der Waals surface area contributed by atoms with Gasteiger partial charge in [0.25, 0.3) is 0 Å². The average molecular weight is 414 g/mol. The molecule has 3 aliphatic carbocycles. The first-order chi connectivity index (χ1) is 14.6. The summed E-state index contributed by atoms with van der Waals surface area (Å²) in [7, 11) is 0. The van der Waals surface area contributed by atoms with Crippen molar-refractivity contribution in [1.29, 1.82) is 0 Å². The summed E-state index contributed by atoms with van der Waals surface area (Å²) in [5.41, 5.74) is 3.18. The smallest absolute Gasteiger partial charge is 0.455 e. The molecule has 4 atom stereocenters. The molecule has 1 aromatic rings. The zero-order valence-corrected chi connectivity index (χ0v) is 17.9. The van der Waals surface area contributed by atoms with Crippen molar-refractivity contribution in [3.8, 4) is 5.75 Å². The third-order valence-corrected chi connectivity index (χ3v) is 8.37. The second kappa shape index (κ2) is 8.41. The molecule has 1 aliphatic heterocycles. The molecule has 0 radical (unpaired) electrons. The number of carbonyl (C=O) groups is 1. The number of hydrogen-bond donors (Lipinski definition) is 2. The van der Waals surface area contributed by atoms with Crippen LogP contribution in [0.4, 0.5) is 4.79 Å². The summed E-state index contributed by atoms with van der Waals surface area (Å²) in [6, 6.07) is 7.07. The van der Waals surface area contributed by atoms with Gasteiger partial charge in [0.2, 0.25) is 6.29 Å². The first-order valence-corrected chi connectivity index (χ1v) is 12.1. The van der Waals surface area contributed by atoms with Crippen LogP contribution in [0.15, 0.2) is 18.2 Å². The maximum atomic E-state index is 11.3. The van der Waals surface area contributed by atoms with Gasteiger partial charge in [-0.15, -0.1) is 0 Å². The van der Waals surface area contributed by atoms with Crippen LogP contribution in [0.1, 0.15) is 81.8 Å². The van der Waals surface area contributed by atoms with E-state index in [0.717, 1.165) is 37.5 Å². The van der Waals surface area contributed by atoms with E-state index >= 15 is 0 Å². The van der Waals surface area contributed by atoms with E-state index in [1.54, 1.807) is 0 Å². The van der Waals surface area contributed by atoms with Gasteiger partial charge in [-0.05, 0) is 67.3 Å². The van der Waals surface area contributed by atoms with Gasteiger partial charge in [0.1, 0.15) is 5.75 Å². The minimum absolute atomic E-state index is 0.271. The first-order valence-electron chi connectivity index (χ1n) is 12.1. The molecule has 0 aromatic heterocycles. The fraction of sp³-hybridized carbons (Fsp3) is 0.720. The molecule has 5 nitrogen and oxygen atoms in total. The number of carboxylic acid groups (broad SMARTS) is 1. The molecule has 3 fully saturated rings. The van der Waals surface area contributed by atoms with Crippen molar-refractivity contribution in [2.24, 2.45) is 11.8 Å². The van der Waals surface area contributed by atoms with Crippen LogP contribution in [0.25, 0.3) is 0 Å². The third kappa shape index (κ3) is 3.81. The number of hydrogen-bond acceptors (Lipinski definition) is 4. The number of rotatable bonds is 5. The lowest BCUT2D eigenvalue weighted by molar-refractivity contribution is -0.0677. The molecule has 1 unspecified atom stereocenters. The number of nitrogens with one attached hydrogen (secondary N) is 1. The molecule has 4 aliphatic rings. The van der Waals surface area contributed by atoms with Crippen LogP contribution in [0, 0.1) is 11.8 Å². The Morgan fingerprint density at radius 3 is 2.80 bits per heavy atom. The van der Waals surface area contributed by atoms with Crippen molar-refractivity contribution in [3.63, 3.8) is 0 Å². The van der Waals surface area contributed by atoms with Crippen LogP contribution < -0.4 is 10.1 Å². The van der Waals surface area contributed by atoms with Crippen LogP contribution in [0.3, 0.4) is 0 Å². The van der Waals surface area contributed by atoms with E-state index in [1.807, 2.05) is 6.07 Å². The predicted molar refractivity (Wildman–Crippen MR) is 115 cm³/mol. The van der Waals surface area contributed by atoms with Gasteiger partial charge in [0, 0.05) is 17.9 Å². The molecule has 30 heavy (non-hydrogen) atoms. The van der Waals surface area contributed by atoms with Crippen LogP contribution >= 0.6 is 0 Å². The maximum Gasteiger partial charge on any atom is 0.508 e. The topological polar surface area (TPSA) is 67.8 Å². The van der Waals surface area contributed by atoms with Crippen LogP contribution in [-0.4, -0.2) is 30.1 Å². The monoisotopic (exact) mass is 413 g/mol.